The molecule has 2 N–H and O–H groups in total. The van der Waals surface area contributed by atoms with Gasteiger partial charge in [0.15, 0.2) is 0 Å². The Labute approximate surface area is 117 Å². The van der Waals surface area contributed by atoms with E-state index < -0.39 is 0 Å². The summed E-state index contributed by atoms with van der Waals surface area (Å²) in [4.78, 5) is 26.4. The largest absolute Gasteiger partial charge is 0.398 e. The first-order chi connectivity index (χ1) is 9.49. The first-order valence-corrected chi connectivity index (χ1v) is 6.91. The molecule has 0 saturated carbocycles. The number of rotatable bonds is 1. The van der Waals surface area contributed by atoms with Crippen molar-refractivity contribution in [1.29, 1.82) is 0 Å². The van der Waals surface area contributed by atoms with E-state index in [0.29, 0.717) is 29.7 Å². The topological polar surface area (TPSA) is 72.6 Å². The van der Waals surface area contributed by atoms with Crippen molar-refractivity contribution >= 4 is 17.5 Å². The minimum absolute atomic E-state index is 0.0467. The summed E-state index contributed by atoms with van der Waals surface area (Å²) < 4.78 is 5.67. The summed E-state index contributed by atoms with van der Waals surface area (Å²) in [5.41, 5.74) is 6.99. The zero-order chi connectivity index (χ0) is 14.4. The predicted molar refractivity (Wildman–Crippen MR) is 74.4 cm³/mol. The number of hydrogen-bond acceptors (Lipinski definition) is 4. The van der Waals surface area contributed by atoms with Gasteiger partial charge >= 0.3 is 0 Å². The van der Waals surface area contributed by atoms with Gasteiger partial charge in [0.05, 0.1) is 23.3 Å². The van der Waals surface area contributed by atoms with Crippen molar-refractivity contribution in [3.05, 3.63) is 29.3 Å². The Bertz CT molecular complexity index is 574. The molecule has 1 aromatic rings. The number of benzene rings is 1. The van der Waals surface area contributed by atoms with E-state index in [1.165, 1.54) is 4.90 Å². The number of imide groups is 1. The Morgan fingerprint density at radius 3 is 2.40 bits per heavy atom. The minimum Gasteiger partial charge on any atom is -0.398 e. The molecule has 2 unspecified atom stereocenters. The maximum atomic E-state index is 12.5. The number of nitrogen functional groups attached to an aromatic ring is 1. The molecule has 2 heterocycles. The molecule has 5 heteroatoms. The molecular weight excluding hydrogens is 256 g/mol. The van der Waals surface area contributed by atoms with Crippen molar-refractivity contribution in [2.75, 3.05) is 5.73 Å². The smallest absolute Gasteiger partial charge is 0.263 e. The Hall–Kier alpha value is -1.88. The Morgan fingerprint density at radius 1 is 1.15 bits per heavy atom. The summed E-state index contributed by atoms with van der Waals surface area (Å²) in [6.45, 7) is 3.93. The highest BCUT2D eigenvalue weighted by atomic mass is 16.5. The van der Waals surface area contributed by atoms with Crippen molar-refractivity contribution < 1.29 is 14.3 Å². The van der Waals surface area contributed by atoms with Gasteiger partial charge in [-0.15, -0.1) is 0 Å². The van der Waals surface area contributed by atoms with Gasteiger partial charge in [-0.05, 0) is 38.8 Å². The van der Waals surface area contributed by atoms with Crippen molar-refractivity contribution in [1.82, 2.24) is 4.90 Å². The lowest BCUT2D eigenvalue weighted by atomic mass is 9.98. The van der Waals surface area contributed by atoms with Crippen molar-refractivity contribution in [2.24, 2.45) is 0 Å². The second-order valence-corrected chi connectivity index (χ2v) is 5.63. The van der Waals surface area contributed by atoms with Crippen molar-refractivity contribution in [3.8, 4) is 0 Å². The monoisotopic (exact) mass is 274 g/mol. The number of carbonyl (C=O) groups is 2. The molecule has 5 nitrogen and oxygen atoms in total. The van der Waals surface area contributed by atoms with Crippen LogP contribution in [0.2, 0.25) is 0 Å². The van der Waals surface area contributed by atoms with E-state index in [-0.39, 0.29) is 30.1 Å². The SMILES string of the molecule is CC1CC(N2C(=O)c3cccc(N)c3C2=O)CC(C)O1. The number of anilines is 1. The molecule has 1 fully saturated rings. The summed E-state index contributed by atoms with van der Waals surface area (Å²) in [5, 5.41) is 0. The summed E-state index contributed by atoms with van der Waals surface area (Å²) in [5.74, 6) is -0.502. The second-order valence-electron chi connectivity index (χ2n) is 5.63. The summed E-state index contributed by atoms with van der Waals surface area (Å²) in [6, 6.07) is 4.92. The third kappa shape index (κ3) is 1.89. The lowest BCUT2D eigenvalue weighted by Gasteiger charge is -2.36. The van der Waals surface area contributed by atoms with Gasteiger partial charge in [-0.25, -0.2) is 0 Å². The number of ether oxygens (including phenoxy) is 1. The van der Waals surface area contributed by atoms with Crippen LogP contribution in [0.5, 0.6) is 0 Å². The second kappa shape index (κ2) is 4.59. The first-order valence-electron chi connectivity index (χ1n) is 6.91. The molecule has 1 saturated heterocycles. The molecular formula is C15H18N2O3. The lowest BCUT2D eigenvalue weighted by molar-refractivity contribution is -0.0552. The quantitative estimate of drug-likeness (QED) is 0.626. The van der Waals surface area contributed by atoms with E-state index >= 15 is 0 Å². The molecule has 0 bridgehead atoms. The van der Waals surface area contributed by atoms with Crippen LogP contribution >= 0.6 is 0 Å². The lowest BCUT2D eigenvalue weighted by Crippen LogP contribution is -2.46. The minimum atomic E-state index is -0.269. The molecule has 2 amide bonds. The van der Waals surface area contributed by atoms with Crippen LogP contribution in [0.3, 0.4) is 0 Å². The highest BCUT2D eigenvalue weighted by Gasteiger charge is 2.43. The zero-order valence-electron chi connectivity index (χ0n) is 11.6. The first kappa shape index (κ1) is 13.1. The molecule has 20 heavy (non-hydrogen) atoms. The van der Waals surface area contributed by atoms with Gasteiger partial charge in [0.2, 0.25) is 0 Å². The highest BCUT2D eigenvalue weighted by Crippen LogP contribution is 2.33. The molecule has 2 aliphatic rings. The average molecular weight is 274 g/mol. The van der Waals surface area contributed by atoms with E-state index in [2.05, 4.69) is 0 Å². The molecule has 1 aromatic carbocycles. The fourth-order valence-corrected chi connectivity index (χ4v) is 3.24. The van der Waals surface area contributed by atoms with Gasteiger partial charge < -0.3 is 10.5 Å². The van der Waals surface area contributed by atoms with Crippen LogP contribution < -0.4 is 5.73 Å². The van der Waals surface area contributed by atoms with Crippen LogP contribution in [-0.4, -0.2) is 35.0 Å². The molecule has 2 aliphatic heterocycles. The number of nitrogens with zero attached hydrogens (tertiary/aromatic N) is 1. The van der Waals surface area contributed by atoms with Crippen molar-refractivity contribution in [2.45, 2.75) is 44.9 Å². The number of fused-ring (bicyclic) bond motifs is 1. The van der Waals surface area contributed by atoms with Crippen molar-refractivity contribution in [3.63, 3.8) is 0 Å². The third-order valence-corrected chi connectivity index (χ3v) is 4.02. The summed E-state index contributed by atoms with van der Waals surface area (Å²) >= 11 is 0. The number of carbonyl (C=O) groups excluding carboxylic acids is 2. The van der Waals surface area contributed by atoms with Crippen LogP contribution in [0, 0.1) is 0 Å². The van der Waals surface area contributed by atoms with E-state index in [1.807, 2.05) is 13.8 Å². The van der Waals surface area contributed by atoms with E-state index in [0.717, 1.165) is 0 Å². The molecule has 0 aromatic heterocycles. The maximum Gasteiger partial charge on any atom is 0.263 e. The van der Waals surface area contributed by atoms with Gasteiger partial charge in [-0.2, -0.15) is 0 Å². The molecule has 3 rings (SSSR count). The summed E-state index contributed by atoms with van der Waals surface area (Å²) in [6.07, 6.45) is 1.45. The Kier molecular flexibility index (Phi) is 3.01. The average Bonchev–Trinajstić information content (AvgIpc) is 2.61. The fraction of sp³-hybridized carbons (Fsp3) is 0.467. The van der Waals surface area contributed by atoms with Gasteiger partial charge in [0.25, 0.3) is 11.8 Å². The van der Waals surface area contributed by atoms with Crippen LogP contribution in [0.1, 0.15) is 47.4 Å². The number of nitrogens with two attached hydrogens (primary N) is 1. The standard InChI is InChI=1S/C15H18N2O3/c1-8-6-10(7-9(2)20-8)17-14(18)11-4-3-5-12(16)13(11)15(17)19/h3-5,8-10H,6-7,16H2,1-2H3. The van der Waals surface area contributed by atoms with Gasteiger partial charge in [0, 0.05) is 11.7 Å². The Morgan fingerprint density at radius 2 is 1.80 bits per heavy atom. The highest BCUT2D eigenvalue weighted by molar-refractivity contribution is 6.23. The zero-order valence-corrected chi connectivity index (χ0v) is 11.6. The normalized spacial score (nSPS) is 29.7. The Balaban J connectivity index is 1.96. The molecule has 0 spiro atoms. The van der Waals surface area contributed by atoms with Crippen LogP contribution in [0.25, 0.3) is 0 Å². The molecule has 0 radical (unpaired) electrons. The van der Waals surface area contributed by atoms with E-state index in [9.17, 15) is 9.59 Å². The van der Waals surface area contributed by atoms with E-state index in [4.69, 9.17) is 10.5 Å². The number of hydrogen-bond donors (Lipinski definition) is 1. The van der Waals surface area contributed by atoms with Crippen LogP contribution in [0.15, 0.2) is 18.2 Å². The fourth-order valence-electron chi connectivity index (χ4n) is 3.24. The molecule has 2 atom stereocenters. The maximum absolute atomic E-state index is 12.5. The molecule has 0 aliphatic carbocycles. The van der Waals surface area contributed by atoms with Gasteiger partial charge in [-0.3, -0.25) is 14.5 Å². The van der Waals surface area contributed by atoms with Gasteiger partial charge in [-0.1, -0.05) is 6.07 Å². The van der Waals surface area contributed by atoms with Gasteiger partial charge in [0.1, 0.15) is 0 Å². The molecule has 106 valence electrons. The summed E-state index contributed by atoms with van der Waals surface area (Å²) in [7, 11) is 0. The predicted octanol–water partition coefficient (Wildman–Crippen LogP) is 1.82. The van der Waals surface area contributed by atoms with Crippen LogP contribution in [0.4, 0.5) is 5.69 Å². The third-order valence-electron chi connectivity index (χ3n) is 4.02. The number of amides is 2. The van der Waals surface area contributed by atoms with E-state index in [1.54, 1.807) is 18.2 Å². The van der Waals surface area contributed by atoms with Crippen LogP contribution in [-0.2, 0) is 4.74 Å².